The molecule has 0 unspecified atom stereocenters. The summed E-state index contributed by atoms with van der Waals surface area (Å²) < 4.78 is 32.9. The Morgan fingerprint density at radius 1 is 1.14 bits per heavy atom. The third kappa shape index (κ3) is 4.69. The van der Waals surface area contributed by atoms with Gasteiger partial charge in [0.2, 0.25) is 10.0 Å². The van der Waals surface area contributed by atoms with Crippen molar-refractivity contribution >= 4 is 10.0 Å². The van der Waals surface area contributed by atoms with Gasteiger partial charge in [0.25, 0.3) is 0 Å². The molecule has 0 aromatic heterocycles. The fraction of sp³-hybridized carbons (Fsp3) is 0.600. The molecule has 0 heterocycles. The van der Waals surface area contributed by atoms with E-state index in [1.165, 1.54) is 0 Å². The van der Waals surface area contributed by atoms with Gasteiger partial charge in [-0.15, -0.1) is 0 Å². The molecule has 1 aliphatic carbocycles. The van der Waals surface area contributed by atoms with Crippen molar-refractivity contribution in [1.29, 1.82) is 0 Å². The van der Waals surface area contributed by atoms with Crippen LogP contribution in [0.1, 0.15) is 39.5 Å². The van der Waals surface area contributed by atoms with Crippen LogP contribution in [0.5, 0.6) is 5.75 Å². The van der Waals surface area contributed by atoms with Crippen molar-refractivity contribution < 1.29 is 13.2 Å². The van der Waals surface area contributed by atoms with Crippen molar-refractivity contribution in [3.05, 3.63) is 24.3 Å². The first-order valence-electron chi connectivity index (χ1n) is 7.41. The molecule has 1 fully saturated rings. The van der Waals surface area contributed by atoms with E-state index in [4.69, 9.17) is 10.5 Å². The van der Waals surface area contributed by atoms with Gasteiger partial charge in [0, 0.05) is 12.1 Å². The number of hydrogen-bond donors (Lipinski definition) is 2. The largest absolute Gasteiger partial charge is 0.491 e. The van der Waals surface area contributed by atoms with Crippen LogP contribution in [-0.4, -0.2) is 26.6 Å². The third-order valence-electron chi connectivity index (χ3n) is 3.60. The SMILES string of the molecule is CC(C)Oc1ccc(S(=O)(=O)NC2CCC(N)CC2)cc1. The Kier molecular flexibility index (Phi) is 5.24. The molecule has 1 aliphatic rings. The molecule has 118 valence electrons. The molecule has 21 heavy (non-hydrogen) atoms. The normalized spacial score (nSPS) is 23.2. The van der Waals surface area contributed by atoms with Gasteiger partial charge in [-0.2, -0.15) is 0 Å². The van der Waals surface area contributed by atoms with Gasteiger partial charge in [0.1, 0.15) is 5.75 Å². The molecule has 0 spiro atoms. The summed E-state index contributed by atoms with van der Waals surface area (Å²) in [7, 11) is -3.47. The van der Waals surface area contributed by atoms with Crippen molar-refractivity contribution in [2.45, 2.75) is 62.6 Å². The molecular weight excluding hydrogens is 288 g/mol. The zero-order valence-electron chi connectivity index (χ0n) is 12.6. The molecule has 0 aliphatic heterocycles. The molecule has 6 heteroatoms. The Morgan fingerprint density at radius 3 is 2.24 bits per heavy atom. The van der Waals surface area contributed by atoms with Crippen LogP contribution < -0.4 is 15.2 Å². The summed E-state index contributed by atoms with van der Waals surface area (Å²) in [5, 5.41) is 0. The lowest BCUT2D eigenvalue weighted by atomic mass is 9.93. The van der Waals surface area contributed by atoms with Gasteiger partial charge >= 0.3 is 0 Å². The van der Waals surface area contributed by atoms with E-state index in [9.17, 15) is 8.42 Å². The minimum atomic E-state index is -3.47. The van der Waals surface area contributed by atoms with Crippen LogP contribution in [-0.2, 0) is 10.0 Å². The molecule has 0 amide bonds. The number of ether oxygens (including phenoxy) is 1. The first kappa shape index (κ1) is 16.3. The van der Waals surface area contributed by atoms with E-state index in [2.05, 4.69) is 4.72 Å². The van der Waals surface area contributed by atoms with Crippen molar-refractivity contribution in [3.63, 3.8) is 0 Å². The fourth-order valence-corrected chi connectivity index (χ4v) is 3.80. The Labute approximate surface area is 126 Å². The lowest BCUT2D eigenvalue weighted by molar-refractivity contribution is 0.242. The number of hydrogen-bond acceptors (Lipinski definition) is 4. The van der Waals surface area contributed by atoms with Crippen LogP contribution in [0.2, 0.25) is 0 Å². The average molecular weight is 312 g/mol. The summed E-state index contributed by atoms with van der Waals surface area (Å²) in [6, 6.07) is 6.72. The summed E-state index contributed by atoms with van der Waals surface area (Å²) in [6.45, 7) is 3.86. The van der Waals surface area contributed by atoms with Gasteiger partial charge in [-0.1, -0.05) is 0 Å². The Balaban J connectivity index is 2.02. The summed E-state index contributed by atoms with van der Waals surface area (Å²) in [5.41, 5.74) is 5.84. The number of nitrogens with one attached hydrogen (secondary N) is 1. The van der Waals surface area contributed by atoms with Gasteiger partial charge in [0.05, 0.1) is 11.0 Å². The summed E-state index contributed by atoms with van der Waals surface area (Å²) in [4.78, 5) is 0.272. The Bertz CT molecular complexity index is 547. The highest BCUT2D eigenvalue weighted by molar-refractivity contribution is 7.89. The minimum Gasteiger partial charge on any atom is -0.491 e. The van der Waals surface area contributed by atoms with Gasteiger partial charge in [0.15, 0.2) is 0 Å². The number of benzene rings is 1. The maximum Gasteiger partial charge on any atom is 0.240 e. The van der Waals surface area contributed by atoms with Crippen LogP contribution in [0.4, 0.5) is 0 Å². The smallest absolute Gasteiger partial charge is 0.240 e. The van der Waals surface area contributed by atoms with E-state index < -0.39 is 10.0 Å². The lowest BCUT2D eigenvalue weighted by Gasteiger charge is -2.26. The molecular formula is C15H24N2O3S. The Morgan fingerprint density at radius 2 is 1.71 bits per heavy atom. The monoisotopic (exact) mass is 312 g/mol. The first-order chi connectivity index (χ1) is 9.87. The molecule has 5 nitrogen and oxygen atoms in total. The highest BCUT2D eigenvalue weighted by Crippen LogP contribution is 2.21. The molecule has 0 bridgehead atoms. The van der Waals surface area contributed by atoms with E-state index in [-0.39, 0.29) is 23.1 Å². The highest BCUT2D eigenvalue weighted by Gasteiger charge is 2.24. The van der Waals surface area contributed by atoms with Crippen molar-refractivity contribution in [3.8, 4) is 5.75 Å². The maximum atomic E-state index is 12.3. The van der Waals surface area contributed by atoms with Crippen LogP contribution in [0.3, 0.4) is 0 Å². The molecule has 1 aromatic rings. The summed E-state index contributed by atoms with van der Waals surface area (Å²) >= 11 is 0. The Hall–Kier alpha value is -1.11. The second kappa shape index (κ2) is 6.77. The molecule has 1 saturated carbocycles. The number of nitrogens with two attached hydrogens (primary N) is 1. The quantitative estimate of drug-likeness (QED) is 0.871. The molecule has 3 N–H and O–H groups in total. The van der Waals surface area contributed by atoms with Crippen molar-refractivity contribution in [1.82, 2.24) is 4.72 Å². The molecule has 0 atom stereocenters. The summed E-state index contributed by atoms with van der Waals surface area (Å²) in [5.74, 6) is 0.674. The number of sulfonamides is 1. The maximum absolute atomic E-state index is 12.3. The molecule has 0 radical (unpaired) electrons. The highest BCUT2D eigenvalue weighted by atomic mass is 32.2. The van der Waals surface area contributed by atoms with Crippen LogP contribution >= 0.6 is 0 Å². The second-order valence-electron chi connectivity index (χ2n) is 5.87. The van der Waals surface area contributed by atoms with Gasteiger partial charge < -0.3 is 10.5 Å². The zero-order chi connectivity index (χ0) is 15.5. The van der Waals surface area contributed by atoms with E-state index in [0.717, 1.165) is 25.7 Å². The third-order valence-corrected chi connectivity index (χ3v) is 5.14. The molecule has 2 rings (SSSR count). The topological polar surface area (TPSA) is 81.4 Å². The van der Waals surface area contributed by atoms with Gasteiger partial charge in [-0.3, -0.25) is 0 Å². The van der Waals surface area contributed by atoms with Crippen LogP contribution in [0.15, 0.2) is 29.2 Å². The van der Waals surface area contributed by atoms with E-state index in [0.29, 0.717) is 5.75 Å². The minimum absolute atomic E-state index is 0.0126. The predicted octanol–water partition coefficient (Wildman–Crippen LogP) is 2.02. The fourth-order valence-electron chi connectivity index (χ4n) is 2.49. The van der Waals surface area contributed by atoms with Gasteiger partial charge in [-0.05, 0) is 63.8 Å². The second-order valence-corrected chi connectivity index (χ2v) is 7.58. The van der Waals surface area contributed by atoms with E-state index in [1.54, 1.807) is 24.3 Å². The molecule has 1 aromatic carbocycles. The predicted molar refractivity (Wildman–Crippen MR) is 82.8 cm³/mol. The standard InChI is InChI=1S/C15H24N2O3S/c1-11(2)20-14-7-9-15(10-8-14)21(18,19)17-13-5-3-12(16)4-6-13/h7-13,17H,3-6,16H2,1-2H3. The van der Waals surface area contributed by atoms with Crippen LogP contribution in [0.25, 0.3) is 0 Å². The van der Waals surface area contributed by atoms with E-state index in [1.807, 2.05) is 13.8 Å². The van der Waals surface area contributed by atoms with E-state index >= 15 is 0 Å². The van der Waals surface area contributed by atoms with Crippen molar-refractivity contribution in [2.24, 2.45) is 5.73 Å². The average Bonchev–Trinajstić information content (AvgIpc) is 2.41. The molecule has 0 saturated heterocycles. The number of rotatable bonds is 5. The van der Waals surface area contributed by atoms with Gasteiger partial charge in [-0.25, -0.2) is 13.1 Å². The van der Waals surface area contributed by atoms with Crippen LogP contribution in [0, 0.1) is 0 Å². The zero-order valence-corrected chi connectivity index (χ0v) is 13.4. The lowest BCUT2D eigenvalue weighted by Crippen LogP contribution is -2.40. The summed E-state index contributed by atoms with van der Waals surface area (Å²) in [6.07, 6.45) is 3.41. The van der Waals surface area contributed by atoms with Crippen molar-refractivity contribution in [2.75, 3.05) is 0 Å². The first-order valence-corrected chi connectivity index (χ1v) is 8.90.